The van der Waals surface area contributed by atoms with Crippen LogP contribution in [0.15, 0.2) is 30.3 Å². The number of nitrogens with one attached hydrogen (secondary N) is 2. The van der Waals surface area contributed by atoms with Gasteiger partial charge in [0.2, 0.25) is 0 Å². The fraction of sp³-hybridized carbons (Fsp3) is 0.467. The number of carboxylic acid groups (broad SMARTS) is 1. The SMILES string of the molecule is COCC(C)CNC(=O)NC(CC(=O)O)c1ccccc1. The van der Waals surface area contributed by atoms with Crippen LogP contribution >= 0.6 is 0 Å². The number of carboxylic acids is 1. The second kappa shape index (κ2) is 8.97. The number of rotatable bonds is 8. The maximum atomic E-state index is 11.9. The van der Waals surface area contributed by atoms with Crippen LogP contribution in [0.5, 0.6) is 0 Å². The Labute approximate surface area is 124 Å². The zero-order valence-corrected chi connectivity index (χ0v) is 12.3. The topological polar surface area (TPSA) is 87.7 Å². The predicted octanol–water partition coefficient (Wildman–Crippen LogP) is 1.78. The third-order valence-electron chi connectivity index (χ3n) is 2.95. The summed E-state index contributed by atoms with van der Waals surface area (Å²) in [4.78, 5) is 22.8. The van der Waals surface area contributed by atoms with Crippen molar-refractivity contribution in [1.29, 1.82) is 0 Å². The summed E-state index contributed by atoms with van der Waals surface area (Å²) in [6.07, 6.45) is -0.162. The van der Waals surface area contributed by atoms with Gasteiger partial charge in [0, 0.05) is 13.7 Å². The standard InChI is InChI=1S/C15H22N2O4/c1-11(10-21-2)9-16-15(20)17-13(8-14(18)19)12-6-4-3-5-7-12/h3-7,11,13H,8-10H2,1-2H3,(H,18,19)(H2,16,17,20). The number of carbonyl (C=O) groups is 2. The highest BCUT2D eigenvalue weighted by Crippen LogP contribution is 2.16. The minimum absolute atomic E-state index is 0.162. The Morgan fingerprint density at radius 1 is 1.29 bits per heavy atom. The van der Waals surface area contributed by atoms with Crippen LogP contribution in [0.1, 0.15) is 24.9 Å². The number of hydrogen-bond donors (Lipinski definition) is 3. The summed E-state index contributed by atoms with van der Waals surface area (Å²) in [5, 5.41) is 14.4. The van der Waals surface area contributed by atoms with Gasteiger partial charge in [-0.05, 0) is 11.5 Å². The van der Waals surface area contributed by atoms with Crippen molar-refractivity contribution >= 4 is 12.0 Å². The molecule has 0 heterocycles. The van der Waals surface area contributed by atoms with Crippen LogP contribution in [-0.4, -0.2) is 37.4 Å². The van der Waals surface area contributed by atoms with E-state index in [4.69, 9.17) is 9.84 Å². The van der Waals surface area contributed by atoms with E-state index in [-0.39, 0.29) is 18.4 Å². The zero-order chi connectivity index (χ0) is 15.7. The fourth-order valence-corrected chi connectivity index (χ4v) is 1.93. The summed E-state index contributed by atoms with van der Waals surface area (Å²) >= 11 is 0. The highest BCUT2D eigenvalue weighted by molar-refractivity contribution is 5.76. The van der Waals surface area contributed by atoms with Crippen molar-refractivity contribution < 1.29 is 19.4 Å². The van der Waals surface area contributed by atoms with Crippen LogP contribution in [0.2, 0.25) is 0 Å². The fourth-order valence-electron chi connectivity index (χ4n) is 1.93. The molecule has 1 rings (SSSR count). The highest BCUT2D eigenvalue weighted by atomic mass is 16.5. The molecular formula is C15H22N2O4. The van der Waals surface area contributed by atoms with Gasteiger partial charge in [0.1, 0.15) is 0 Å². The Morgan fingerprint density at radius 2 is 1.95 bits per heavy atom. The molecule has 0 aromatic heterocycles. The van der Waals surface area contributed by atoms with Gasteiger partial charge in [0.05, 0.1) is 19.1 Å². The van der Waals surface area contributed by atoms with Crippen LogP contribution in [-0.2, 0) is 9.53 Å². The van der Waals surface area contributed by atoms with Crippen molar-refractivity contribution in [3.63, 3.8) is 0 Å². The molecule has 6 heteroatoms. The van der Waals surface area contributed by atoms with E-state index in [1.54, 1.807) is 19.2 Å². The first-order valence-corrected chi connectivity index (χ1v) is 6.83. The number of amides is 2. The molecule has 2 atom stereocenters. The van der Waals surface area contributed by atoms with E-state index in [1.165, 1.54) is 0 Å². The maximum Gasteiger partial charge on any atom is 0.315 e. The van der Waals surface area contributed by atoms with Gasteiger partial charge in [0.15, 0.2) is 0 Å². The average Bonchev–Trinajstić information content (AvgIpc) is 2.45. The molecule has 3 N–H and O–H groups in total. The smallest absolute Gasteiger partial charge is 0.315 e. The summed E-state index contributed by atoms with van der Waals surface area (Å²) < 4.78 is 4.99. The summed E-state index contributed by atoms with van der Waals surface area (Å²) in [6, 6.07) is 8.11. The van der Waals surface area contributed by atoms with E-state index in [1.807, 2.05) is 25.1 Å². The van der Waals surface area contributed by atoms with E-state index in [0.717, 1.165) is 5.56 Å². The minimum Gasteiger partial charge on any atom is -0.481 e. The normalized spacial score (nSPS) is 13.2. The molecule has 2 unspecified atom stereocenters. The van der Waals surface area contributed by atoms with E-state index in [2.05, 4.69) is 10.6 Å². The Hall–Kier alpha value is -2.08. The lowest BCUT2D eigenvalue weighted by molar-refractivity contribution is -0.137. The quantitative estimate of drug-likeness (QED) is 0.682. The van der Waals surface area contributed by atoms with Gasteiger partial charge < -0.3 is 20.5 Å². The molecule has 0 saturated heterocycles. The highest BCUT2D eigenvalue weighted by Gasteiger charge is 2.18. The van der Waals surface area contributed by atoms with Gasteiger partial charge in [-0.2, -0.15) is 0 Å². The molecule has 0 bridgehead atoms. The van der Waals surface area contributed by atoms with Crippen molar-refractivity contribution in [2.75, 3.05) is 20.3 Å². The van der Waals surface area contributed by atoms with Gasteiger partial charge >= 0.3 is 12.0 Å². The maximum absolute atomic E-state index is 11.9. The molecule has 0 saturated carbocycles. The van der Waals surface area contributed by atoms with E-state index in [0.29, 0.717) is 13.2 Å². The molecule has 0 aliphatic carbocycles. The molecule has 0 spiro atoms. The number of carbonyl (C=O) groups excluding carboxylic acids is 1. The Morgan fingerprint density at radius 3 is 2.52 bits per heavy atom. The van der Waals surface area contributed by atoms with Crippen LogP contribution in [0.3, 0.4) is 0 Å². The lowest BCUT2D eigenvalue weighted by Gasteiger charge is -2.19. The molecule has 0 radical (unpaired) electrons. The Bertz CT molecular complexity index is 450. The summed E-state index contributed by atoms with van der Waals surface area (Å²) in [7, 11) is 1.61. The first-order valence-electron chi connectivity index (χ1n) is 6.83. The molecule has 1 aromatic carbocycles. The van der Waals surface area contributed by atoms with Crippen LogP contribution in [0.25, 0.3) is 0 Å². The van der Waals surface area contributed by atoms with Gasteiger partial charge in [0.25, 0.3) is 0 Å². The molecule has 6 nitrogen and oxygen atoms in total. The molecule has 0 aliphatic rings. The Kier molecular flexibility index (Phi) is 7.25. The molecule has 116 valence electrons. The van der Waals surface area contributed by atoms with Gasteiger partial charge in [-0.15, -0.1) is 0 Å². The molecule has 1 aromatic rings. The minimum atomic E-state index is -0.961. The van der Waals surface area contributed by atoms with E-state index in [9.17, 15) is 9.59 Å². The monoisotopic (exact) mass is 294 g/mol. The van der Waals surface area contributed by atoms with Crippen LogP contribution in [0.4, 0.5) is 4.79 Å². The van der Waals surface area contributed by atoms with Crippen molar-refractivity contribution in [2.45, 2.75) is 19.4 Å². The number of benzene rings is 1. The summed E-state index contributed by atoms with van der Waals surface area (Å²) in [5.74, 6) is -0.771. The van der Waals surface area contributed by atoms with Crippen molar-refractivity contribution in [3.8, 4) is 0 Å². The number of hydrogen-bond acceptors (Lipinski definition) is 3. The van der Waals surface area contributed by atoms with E-state index >= 15 is 0 Å². The average molecular weight is 294 g/mol. The third kappa shape index (κ3) is 6.76. The van der Waals surface area contributed by atoms with Gasteiger partial charge in [-0.1, -0.05) is 37.3 Å². The summed E-state index contributed by atoms with van der Waals surface area (Å²) in [5.41, 5.74) is 0.764. The largest absolute Gasteiger partial charge is 0.481 e. The first-order chi connectivity index (χ1) is 10.0. The molecular weight excluding hydrogens is 272 g/mol. The molecule has 0 aliphatic heterocycles. The van der Waals surface area contributed by atoms with Crippen molar-refractivity contribution in [2.24, 2.45) is 5.92 Å². The lowest BCUT2D eigenvalue weighted by atomic mass is 10.0. The van der Waals surface area contributed by atoms with Crippen molar-refractivity contribution in [1.82, 2.24) is 10.6 Å². The Balaban J connectivity index is 2.56. The molecule has 0 fully saturated rings. The number of aliphatic carboxylic acids is 1. The van der Waals surface area contributed by atoms with Gasteiger partial charge in [-0.25, -0.2) is 4.79 Å². The van der Waals surface area contributed by atoms with Crippen LogP contribution in [0, 0.1) is 5.92 Å². The molecule has 21 heavy (non-hydrogen) atoms. The second-order valence-corrected chi connectivity index (χ2v) is 4.98. The zero-order valence-electron chi connectivity index (χ0n) is 12.3. The van der Waals surface area contributed by atoms with Crippen molar-refractivity contribution in [3.05, 3.63) is 35.9 Å². The first kappa shape index (κ1) is 17.0. The predicted molar refractivity (Wildman–Crippen MR) is 79.0 cm³/mol. The number of urea groups is 1. The van der Waals surface area contributed by atoms with Crippen LogP contribution < -0.4 is 10.6 Å². The second-order valence-electron chi connectivity index (χ2n) is 4.98. The number of methoxy groups -OCH3 is 1. The number of ether oxygens (including phenoxy) is 1. The lowest BCUT2D eigenvalue weighted by Crippen LogP contribution is -2.41. The summed E-state index contributed by atoms with van der Waals surface area (Å²) in [6.45, 7) is 2.97. The van der Waals surface area contributed by atoms with Gasteiger partial charge in [-0.3, -0.25) is 4.79 Å². The third-order valence-corrected chi connectivity index (χ3v) is 2.95. The van der Waals surface area contributed by atoms with E-state index < -0.39 is 12.0 Å². The molecule has 2 amide bonds.